The zero-order valence-corrected chi connectivity index (χ0v) is 28.8. The van der Waals surface area contributed by atoms with E-state index in [1.54, 1.807) is 0 Å². The van der Waals surface area contributed by atoms with E-state index in [-0.39, 0.29) is 5.75 Å². The van der Waals surface area contributed by atoms with E-state index >= 15 is 0 Å². The van der Waals surface area contributed by atoms with Crippen molar-refractivity contribution in [1.82, 2.24) is 49.7 Å². The lowest BCUT2D eigenvalue weighted by Gasteiger charge is -2.24. The van der Waals surface area contributed by atoms with E-state index < -0.39 is 0 Å². The quantitative estimate of drug-likeness (QED) is 0.0891. The summed E-state index contributed by atoms with van der Waals surface area (Å²) in [6.07, 6.45) is 0. The molecule has 0 atom stereocenters. The van der Waals surface area contributed by atoms with Crippen LogP contribution in [0.4, 0.5) is 0 Å². The fourth-order valence-electron chi connectivity index (χ4n) is 7.16. The maximum atomic E-state index is 12.0. The zero-order valence-electron chi connectivity index (χ0n) is 28.8. The number of imidazole rings is 4. The minimum absolute atomic E-state index is 0.282. The van der Waals surface area contributed by atoms with Gasteiger partial charge in [-0.2, -0.15) is 0 Å². The third kappa shape index (κ3) is 6.62. The standard InChI is InChI=1S/C41H38N10O/c1-26-18-27(20-50(22-37-42-29-10-2-3-11-30(29)43-37)23-38-44-31-12-4-5-13-32(31)45-38)41(52)28(19-26)21-51(24-39-46-33-14-6-7-15-34(33)47-39)25-40-48-35-16-8-9-17-36(35)49-40/h2-19,52H,20-25H2,1H3,(H,42,43)(H,44,45)(H,46,47)(H,48,49). The van der Waals surface area contributed by atoms with Gasteiger partial charge in [0.2, 0.25) is 0 Å². The van der Waals surface area contributed by atoms with Crippen LogP contribution in [0.1, 0.15) is 40.0 Å². The van der Waals surface area contributed by atoms with Gasteiger partial charge >= 0.3 is 0 Å². The highest BCUT2D eigenvalue weighted by atomic mass is 16.3. The number of para-hydroxylation sites is 8. The molecule has 0 spiro atoms. The van der Waals surface area contributed by atoms with Crippen LogP contribution in [-0.2, 0) is 39.3 Å². The molecule has 0 fully saturated rings. The largest absolute Gasteiger partial charge is 0.507 e. The van der Waals surface area contributed by atoms with E-state index in [4.69, 9.17) is 19.9 Å². The lowest BCUT2D eigenvalue weighted by molar-refractivity contribution is 0.227. The number of aromatic nitrogens is 8. The van der Waals surface area contributed by atoms with E-state index in [0.717, 1.165) is 84.1 Å². The molecule has 52 heavy (non-hydrogen) atoms. The molecule has 0 bridgehead atoms. The molecular weight excluding hydrogens is 649 g/mol. The van der Waals surface area contributed by atoms with Crippen molar-refractivity contribution < 1.29 is 5.11 Å². The van der Waals surface area contributed by atoms with Crippen LogP contribution in [0.5, 0.6) is 5.75 Å². The molecule has 0 aliphatic rings. The molecule has 5 N–H and O–H groups in total. The molecule has 5 aromatic carbocycles. The first-order valence-electron chi connectivity index (χ1n) is 17.5. The lowest BCUT2D eigenvalue weighted by atomic mass is 10.0. The van der Waals surface area contributed by atoms with Crippen LogP contribution < -0.4 is 0 Å². The molecule has 0 saturated carbocycles. The minimum atomic E-state index is 0.282. The monoisotopic (exact) mass is 686 g/mol. The fraction of sp³-hybridized carbons (Fsp3) is 0.171. The summed E-state index contributed by atoms with van der Waals surface area (Å²) < 4.78 is 0. The average molecular weight is 687 g/mol. The summed E-state index contributed by atoms with van der Waals surface area (Å²) >= 11 is 0. The number of hydrogen-bond acceptors (Lipinski definition) is 7. The van der Waals surface area contributed by atoms with Crippen molar-refractivity contribution in [3.8, 4) is 5.75 Å². The van der Waals surface area contributed by atoms with Gasteiger partial charge in [0.1, 0.15) is 29.0 Å². The van der Waals surface area contributed by atoms with Crippen LogP contribution in [0.15, 0.2) is 109 Å². The van der Waals surface area contributed by atoms with Crippen molar-refractivity contribution in [2.75, 3.05) is 0 Å². The zero-order chi connectivity index (χ0) is 35.0. The normalized spacial score (nSPS) is 12.1. The number of aromatic hydroxyl groups is 1. The Balaban J connectivity index is 1.03. The first-order chi connectivity index (χ1) is 25.5. The van der Waals surface area contributed by atoms with Crippen molar-refractivity contribution in [3.63, 3.8) is 0 Å². The maximum absolute atomic E-state index is 12.0. The molecule has 0 aliphatic heterocycles. The number of rotatable bonds is 12. The summed E-state index contributed by atoms with van der Waals surface area (Å²) in [5.41, 5.74) is 10.4. The minimum Gasteiger partial charge on any atom is -0.507 e. The van der Waals surface area contributed by atoms with Crippen LogP contribution in [-0.4, -0.2) is 54.8 Å². The van der Waals surface area contributed by atoms with Crippen molar-refractivity contribution in [2.45, 2.75) is 46.2 Å². The Morgan fingerprint density at radius 1 is 0.442 bits per heavy atom. The van der Waals surface area contributed by atoms with Gasteiger partial charge in [0.05, 0.1) is 70.3 Å². The molecule has 11 heteroatoms. The summed E-state index contributed by atoms with van der Waals surface area (Å²) in [4.78, 5) is 37.9. The van der Waals surface area contributed by atoms with Crippen LogP contribution in [0, 0.1) is 6.92 Å². The molecule has 9 rings (SSSR count). The summed E-state index contributed by atoms with van der Waals surface area (Å²) in [5.74, 6) is 3.70. The number of phenols is 1. The summed E-state index contributed by atoms with van der Waals surface area (Å²) in [6.45, 7) is 5.22. The molecule has 11 nitrogen and oxygen atoms in total. The summed E-state index contributed by atoms with van der Waals surface area (Å²) in [6, 6.07) is 36.4. The SMILES string of the molecule is Cc1cc(CN(Cc2nc3ccccc3[nH]2)Cc2nc3ccccc3[nH]2)c(O)c(CN(Cc2nc3ccccc3[nH]2)Cc2nc3ccccc3[nH]2)c1. The number of nitrogens with one attached hydrogen (secondary N) is 4. The Bertz CT molecular complexity index is 2200. The lowest BCUT2D eigenvalue weighted by Crippen LogP contribution is -2.25. The Labute approximate surface area is 299 Å². The van der Waals surface area contributed by atoms with Gasteiger partial charge in [-0.25, -0.2) is 19.9 Å². The number of hydrogen-bond donors (Lipinski definition) is 5. The highest BCUT2D eigenvalue weighted by Gasteiger charge is 2.20. The second-order valence-corrected chi connectivity index (χ2v) is 13.5. The molecule has 0 unspecified atom stereocenters. The molecular formula is C41H38N10O. The van der Waals surface area contributed by atoms with E-state index in [0.29, 0.717) is 39.3 Å². The third-order valence-electron chi connectivity index (χ3n) is 9.45. The molecule has 0 radical (unpaired) electrons. The predicted octanol–water partition coefficient (Wildman–Crippen LogP) is 7.61. The molecule has 4 heterocycles. The van der Waals surface area contributed by atoms with Crippen LogP contribution in [0.25, 0.3) is 44.1 Å². The Morgan fingerprint density at radius 3 is 1.02 bits per heavy atom. The Kier molecular flexibility index (Phi) is 8.18. The van der Waals surface area contributed by atoms with E-state index in [9.17, 15) is 5.11 Å². The van der Waals surface area contributed by atoms with Crippen molar-refractivity contribution in [3.05, 3.63) is 149 Å². The highest BCUT2D eigenvalue weighted by molar-refractivity contribution is 5.76. The predicted molar refractivity (Wildman–Crippen MR) is 203 cm³/mol. The number of benzene rings is 5. The number of aryl methyl sites for hydroxylation is 1. The van der Waals surface area contributed by atoms with E-state index in [2.05, 4.69) is 48.8 Å². The van der Waals surface area contributed by atoms with Gasteiger partial charge in [-0.05, 0) is 55.5 Å². The van der Waals surface area contributed by atoms with Crippen LogP contribution >= 0.6 is 0 Å². The molecule has 4 aromatic heterocycles. The van der Waals surface area contributed by atoms with Crippen molar-refractivity contribution in [1.29, 1.82) is 0 Å². The van der Waals surface area contributed by atoms with Gasteiger partial charge in [-0.15, -0.1) is 0 Å². The average Bonchev–Trinajstić information content (AvgIpc) is 3.93. The van der Waals surface area contributed by atoms with E-state index in [1.165, 1.54) is 0 Å². The number of phenolic OH excluding ortho intramolecular Hbond substituents is 1. The fourth-order valence-corrected chi connectivity index (χ4v) is 7.16. The number of aromatic amines is 4. The Hall–Kier alpha value is -6.30. The maximum Gasteiger partial charge on any atom is 0.124 e. The molecule has 258 valence electrons. The van der Waals surface area contributed by atoms with Crippen LogP contribution in [0.2, 0.25) is 0 Å². The van der Waals surface area contributed by atoms with Gasteiger partial charge in [0.25, 0.3) is 0 Å². The van der Waals surface area contributed by atoms with Crippen molar-refractivity contribution >= 4 is 44.1 Å². The second-order valence-electron chi connectivity index (χ2n) is 13.5. The topological polar surface area (TPSA) is 141 Å². The van der Waals surface area contributed by atoms with Crippen molar-refractivity contribution in [2.24, 2.45) is 0 Å². The third-order valence-corrected chi connectivity index (χ3v) is 9.45. The van der Waals surface area contributed by atoms with Gasteiger partial charge in [0.15, 0.2) is 0 Å². The number of H-pyrrole nitrogens is 4. The van der Waals surface area contributed by atoms with Gasteiger partial charge in [0, 0.05) is 24.2 Å². The van der Waals surface area contributed by atoms with Gasteiger partial charge in [-0.3, -0.25) is 9.80 Å². The molecule has 0 saturated heterocycles. The van der Waals surface area contributed by atoms with Gasteiger partial charge < -0.3 is 25.0 Å². The first-order valence-corrected chi connectivity index (χ1v) is 17.5. The summed E-state index contributed by atoms with van der Waals surface area (Å²) in [7, 11) is 0. The molecule has 0 aliphatic carbocycles. The van der Waals surface area contributed by atoms with Gasteiger partial charge in [-0.1, -0.05) is 66.2 Å². The number of fused-ring (bicyclic) bond motifs is 4. The second kappa shape index (κ2) is 13.4. The number of nitrogens with zero attached hydrogens (tertiary/aromatic N) is 6. The highest BCUT2D eigenvalue weighted by Crippen LogP contribution is 2.30. The first kappa shape index (κ1) is 31.7. The summed E-state index contributed by atoms with van der Waals surface area (Å²) in [5, 5.41) is 12.0. The molecule has 9 aromatic rings. The molecule has 0 amide bonds. The Morgan fingerprint density at radius 2 is 0.731 bits per heavy atom. The smallest absolute Gasteiger partial charge is 0.124 e. The van der Waals surface area contributed by atoms with E-state index in [1.807, 2.05) is 97.1 Å². The van der Waals surface area contributed by atoms with Crippen LogP contribution in [0.3, 0.4) is 0 Å².